The molecule has 4 aromatic heterocycles. The molecule has 1 aromatic carbocycles. The zero-order valence-electron chi connectivity index (χ0n) is 20.2. The largest absolute Gasteiger partial charge is 0.496 e. The van der Waals surface area contributed by atoms with Gasteiger partial charge in [-0.15, -0.1) is 0 Å². The van der Waals surface area contributed by atoms with Gasteiger partial charge in [-0.2, -0.15) is 0 Å². The van der Waals surface area contributed by atoms with Gasteiger partial charge in [0.25, 0.3) is 0 Å². The summed E-state index contributed by atoms with van der Waals surface area (Å²) in [5.41, 5.74) is 5.66. The Bertz CT molecular complexity index is 1790. The van der Waals surface area contributed by atoms with Gasteiger partial charge in [0.2, 0.25) is 0 Å². The number of methoxy groups -OCH3 is 3. The van der Waals surface area contributed by atoms with E-state index in [1.165, 1.54) is 0 Å². The molecule has 0 atom stereocenters. The number of aromatic nitrogens is 4. The predicted molar refractivity (Wildman–Crippen MR) is 140 cm³/mol. The molecular formula is C29H26N4O3. The van der Waals surface area contributed by atoms with E-state index in [2.05, 4.69) is 86.7 Å². The van der Waals surface area contributed by atoms with Gasteiger partial charge in [-0.25, -0.2) is 0 Å². The molecule has 7 heteroatoms. The molecule has 0 radical (unpaired) electrons. The minimum atomic E-state index is 0.648. The van der Waals surface area contributed by atoms with E-state index in [1.807, 2.05) is 12.1 Å². The first-order valence-electron chi connectivity index (χ1n) is 11.6. The van der Waals surface area contributed by atoms with Crippen molar-refractivity contribution in [1.29, 1.82) is 0 Å². The number of nitrogens with one attached hydrogen (secondary N) is 4. The molecule has 0 aliphatic carbocycles. The summed E-state index contributed by atoms with van der Waals surface area (Å²) in [5, 5.41) is 3.91. The molecule has 0 amide bonds. The Labute approximate surface area is 207 Å². The lowest BCUT2D eigenvalue weighted by Gasteiger charge is -2.17. The fraction of sp³-hybridized carbons (Fsp3) is 0.103. The van der Waals surface area contributed by atoms with Crippen molar-refractivity contribution in [3.05, 3.63) is 110 Å². The number of aromatic amines is 4. The van der Waals surface area contributed by atoms with Crippen molar-refractivity contribution >= 4 is 23.8 Å². The van der Waals surface area contributed by atoms with E-state index >= 15 is 0 Å². The molecule has 1 aliphatic rings. The van der Waals surface area contributed by atoms with E-state index in [4.69, 9.17) is 14.2 Å². The lowest BCUT2D eigenvalue weighted by Crippen LogP contribution is -2.16. The van der Waals surface area contributed by atoms with Crippen molar-refractivity contribution in [1.82, 2.24) is 19.9 Å². The van der Waals surface area contributed by atoms with Crippen LogP contribution in [0, 0.1) is 0 Å². The Morgan fingerprint density at radius 2 is 1.08 bits per heavy atom. The van der Waals surface area contributed by atoms with E-state index < -0.39 is 0 Å². The summed E-state index contributed by atoms with van der Waals surface area (Å²) >= 11 is 0. The van der Waals surface area contributed by atoms with Gasteiger partial charge < -0.3 is 34.1 Å². The number of rotatable bonds is 4. The summed E-state index contributed by atoms with van der Waals surface area (Å²) in [4.78, 5) is 14.1. The molecule has 0 spiro atoms. The maximum atomic E-state index is 5.82. The lowest BCUT2D eigenvalue weighted by molar-refractivity contribution is 0.373. The second-order valence-electron chi connectivity index (χ2n) is 8.61. The van der Waals surface area contributed by atoms with Crippen LogP contribution in [0.3, 0.4) is 0 Å². The molecule has 4 N–H and O–H groups in total. The number of hydrogen-bond donors (Lipinski definition) is 4. The highest BCUT2D eigenvalue weighted by Gasteiger charge is 2.21. The third-order valence-electron chi connectivity index (χ3n) is 6.32. The molecule has 7 nitrogen and oxygen atoms in total. The van der Waals surface area contributed by atoms with Crippen LogP contribution in [0.1, 0.15) is 28.3 Å². The summed E-state index contributed by atoms with van der Waals surface area (Å²) in [6.45, 7) is 0. The lowest BCUT2D eigenvalue weighted by atomic mass is 9.99. The third-order valence-corrected chi connectivity index (χ3v) is 6.32. The maximum Gasteiger partial charge on any atom is 0.134 e. The quantitative estimate of drug-likeness (QED) is 0.313. The first-order chi connectivity index (χ1) is 17.6. The Hall–Kier alpha value is -4.78. The number of fused-ring (bicyclic) bond motifs is 8. The molecule has 36 heavy (non-hydrogen) atoms. The Morgan fingerprint density at radius 1 is 0.528 bits per heavy atom. The van der Waals surface area contributed by atoms with Crippen LogP contribution in [0.25, 0.3) is 23.8 Å². The van der Waals surface area contributed by atoms with Crippen LogP contribution < -0.4 is 35.6 Å². The molecule has 0 saturated carbocycles. The fourth-order valence-electron chi connectivity index (χ4n) is 4.65. The van der Waals surface area contributed by atoms with Gasteiger partial charge in [-0.3, -0.25) is 0 Å². The minimum absolute atomic E-state index is 0.648. The Balaban J connectivity index is 1.69. The average molecular weight is 479 g/mol. The van der Waals surface area contributed by atoms with Crippen LogP contribution in [0.5, 0.6) is 17.2 Å². The average Bonchev–Trinajstić information content (AvgIpc) is 3.70. The van der Waals surface area contributed by atoms with Crippen molar-refractivity contribution in [3.63, 3.8) is 0 Å². The molecular weight excluding hydrogens is 452 g/mol. The summed E-state index contributed by atoms with van der Waals surface area (Å²) in [7, 11) is 4.93. The van der Waals surface area contributed by atoms with Gasteiger partial charge >= 0.3 is 0 Å². The van der Waals surface area contributed by atoms with Crippen molar-refractivity contribution in [2.24, 2.45) is 0 Å². The Morgan fingerprint density at radius 3 is 1.69 bits per heavy atom. The second-order valence-corrected chi connectivity index (χ2v) is 8.61. The molecule has 6 rings (SSSR count). The van der Waals surface area contributed by atoms with Crippen molar-refractivity contribution in [2.45, 2.75) is 0 Å². The van der Waals surface area contributed by atoms with Crippen molar-refractivity contribution in [3.8, 4) is 17.2 Å². The van der Waals surface area contributed by atoms with Gasteiger partial charge in [-0.1, -0.05) is 0 Å². The topological polar surface area (TPSA) is 90.9 Å². The van der Waals surface area contributed by atoms with Crippen LogP contribution in [-0.2, 0) is 0 Å². The van der Waals surface area contributed by atoms with Gasteiger partial charge in [0.05, 0.1) is 26.9 Å². The first kappa shape index (κ1) is 21.7. The molecule has 180 valence electrons. The minimum Gasteiger partial charge on any atom is -0.496 e. The van der Waals surface area contributed by atoms with Crippen LogP contribution >= 0.6 is 0 Å². The zero-order valence-corrected chi connectivity index (χ0v) is 20.2. The number of H-pyrrole nitrogens is 4. The van der Waals surface area contributed by atoms with E-state index in [0.29, 0.717) is 17.2 Å². The van der Waals surface area contributed by atoms with Crippen LogP contribution in [-0.4, -0.2) is 41.3 Å². The SMILES string of the molecule is COc1cc(OC)c(C2=c3ccc([nH]3)=Cc3ccc([nH]3)C=c3ccc([nH]3)=Cc3ccc2[nH]3)c(OC)c1. The third kappa shape index (κ3) is 3.90. The monoisotopic (exact) mass is 478 g/mol. The van der Waals surface area contributed by atoms with Gasteiger partial charge in [-0.05, 0) is 66.8 Å². The van der Waals surface area contributed by atoms with E-state index in [9.17, 15) is 0 Å². The summed E-state index contributed by atoms with van der Waals surface area (Å²) < 4.78 is 17.1. The maximum absolute atomic E-state index is 5.82. The van der Waals surface area contributed by atoms with Gasteiger partial charge in [0.15, 0.2) is 0 Å². The van der Waals surface area contributed by atoms with Crippen LogP contribution in [0.2, 0.25) is 0 Å². The van der Waals surface area contributed by atoms with E-state index in [-0.39, 0.29) is 0 Å². The number of benzene rings is 1. The summed E-state index contributed by atoms with van der Waals surface area (Å²) in [6.07, 6.45) is 6.26. The van der Waals surface area contributed by atoms with Gasteiger partial charge in [0.1, 0.15) is 17.2 Å². The highest BCUT2D eigenvalue weighted by molar-refractivity contribution is 5.85. The fourth-order valence-corrected chi connectivity index (χ4v) is 4.65. The molecule has 8 bridgehead atoms. The van der Waals surface area contributed by atoms with Crippen molar-refractivity contribution < 1.29 is 14.2 Å². The second kappa shape index (κ2) is 8.78. The molecule has 1 aliphatic heterocycles. The Kier molecular flexibility index (Phi) is 5.30. The number of hydrogen-bond acceptors (Lipinski definition) is 3. The summed E-state index contributed by atoms with van der Waals surface area (Å²) in [5.74, 6) is 1.95. The number of ether oxygens (including phenoxy) is 3. The summed E-state index contributed by atoms with van der Waals surface area (Å²) in [6, 6.07) is 20.3. The highest BCUT2D eigenvalue weighted by atomic mass is 16.5. The zero-order chi connectivity index (χ0) is 24.6. The van der Waals surface area contributed by atoms with E-state index in [1.54, 1.807) is 21.3 Å². The van der Waals surface area contributed by atoms with Crippen LogP contribution in [0.15, 0.2) is 60.7 Å². The van der Waals surface area contributed by atoms with E-state index in [0.717, 1.165) is 55.3 Å². The van der Waals surface area contributed by atoms with Crippen molar-refractivity contribution in [2.75, 3.05) is 21.3 Å². The van der Waals surface area contributed by atoms with Crippen LogP contribution in [0.4, 0.5) is 0 Å². The van der Waals surface area contributed by atoms with Gasteiger partial charge in [0, 0.05) is 61.9 Å². The normalized spacial score (nSPS) is 12.4. The molecule has 5 heterocycles. The smallest absolute Gasteiger partial charge is 0.134 e. The highest BCUT2D eigenvalue weighted by Crippen LogP contribution is 2.40. The molecule has 0 fully saturated rings. The first-order valence-corrected chi connectivity index (χ1v) is 11.6. The molecule has 0 unspecified atom stereocenters. The molecule has 0 saturated heterocycles. The predicted octanol–water partition coefficient (Wildman–Crippen LogP) is 2.07. The molecule has 5 aromatic rings. The standard InChI is InChI=1S/C29H26N4O3/c1-34-23-15-26(35-2)29(27(16-23)36-3)28-24-10-8-21(32-24)13-19-6-4-17(30-19)12-18-5-7-20(31-18)14-22-9-11-25(28)33-22/h4-16,30-33H,1-3H3.